The van der Waals surface area contributed by atoms with Crippen molar-refractivity contribution in [2.24, 2.45) is 0 Å². The molecule has 0 fully saturated rings. The van der Waals surface area contributed by atoms with Gasteiger partial charge in [-0.2, -0.15) is 0 Å². The Morgan fingerprint density at radius 2 is 1.94 bits per heavy atom. The van der Waals surface area contributed by atoms with Gasteiger partial charge in [0.1, 0.15) is 5.50 Å². The van der Waals surface area contributed by atoms with E-state index in [-0.39, 0.29) is 5.50 Å². The van der Waals surface area contributed by atoms with Gasteiger partial charge in [0, 0.05) is 17.1 Å². The number of benzene rings is 2. The van der Waals surface area contributed by atoms with Crippen LogP contribution in [0.25, 0.3) is 0 Å². The van der Waals surface area contributed by atoms with Crippen LogP contribution in [0.4, 0.5) is 5.69 Å². The first-order chi connectivity index (χ1) is 8.24. The predicted octanol–water partition coefficient (Wildman–Crippen LogP) is 4.36. The molecule has 0 aliphatic heterocycles. The van der Waals surface area contributed by atoms with Gasteiger partial charge in [0.15, 0.2) is 0 Å². The van der Waals surface area contributed by atoms with E-state index in [9.17, 15) is 0 Å². The maximum absolute atomic E-state index is 6.24. The standard InChI is InChI=1S/C14H12Cl2N/c15-12-6-4-5-11(9-12)10-14(16)17-13-7-2-1-3-8-13/h2-9,14,17H,10H2. The molecule has 0 heterocycles. The highest BCUT2D eigenvalue weighted by atomic mass is 35.5. The van der Waals surface area contributed by atoms with Crippen molar-refractivity contribution in [3.05, 3.63) is 65.2 Å². The number of nitrogens with one attached hydrogen (secondary N) is 1. The van der Waals surface area contributed by atoms with Crippen LogP contribution < -0.4 is 5.32 Å². The summed E-state index contributed by atoms with van der Waals surface area (Å²) in [7, 11) is 0. The topological polar surface area (TPSA) is 12.0 Å². The highest BCUT2D eigenvalue weighted by Gasteiger charge is 2.05. The second-order valence-electron chi connectivity index (χ2n) is 3.73. The molecule has 2 rings (SSSR count). The number of hydrogen-bond donors (Lipinski definition) is 1. The highest BCUT2D eigenvalue weighted by molar-refractivity contribution is 6.30. The summed E-state index contributed by atoms with van der Waals surface area (Å²) in [5.74, 6) is 0. The first-order valence-corrected chi connectivity index (χ1v) is 6.16. The third-order valence-corrected chi connectivity index (χ3v) is 2.84. The van der Waals surface area contributed by atoms with Crippen LogP contribution in [0.3, 0.4) is 0 Å². The number of rotatable bonds is 4. The summed E-state index contributed by atoms with van der Waals surface area (Å²) >= 11 is 12.2. The summed E-state index contributed by atoms with van der Waals surface area (Å²) in [6.45, 7) is 0. The van der Waals surface area contributed by atoms with Crippen LogP contribution in [-0.2, 0) is 6.42 Å². The summed E-state index contributed by atoms with van der Waals surface area (Å²) < 4.78 is 0. The van der Waals surface area contributed by atoms with Crippen molar-refractivity contribution in [1.82, 2.24) is 0 Å². The Bertz CT molecular complexity index is 471. The molecule has 1 nitrogen and oxygen atoms in total. The fourth-order valence-electron chi connectivity index (χ4n) is 1.59. The lowest BCUT2D eigenvalue weighted by Gasteiger charge is -2.13. The molecular weight excluding hydrogens is 253 g/mol. The third-order valence-electron chi connectivity index (χ3n) is 2.35. The monoisotopic (exact) mass is 264 g/mol. The smallest absolute Gasteiger partial charge is 0.105 e. The van der Waals surface area contributed by atoms with Crippen LogP contribution in [0.2, 0.25) is 5.02 Å². The molecule has 2 aromatic rings. The van der Waals surface area contributed by atoms with Crippen LogP contribution in [0.1, 0.15) is 5.56 Å². The first-order valence-electron chi connectivity index (χ1n) is 5.35. The molecule has 0 aromatic heterocycles. The Morgan fingerprint density at radius 3 is 2.65 bits per heavy atom. The summed E-state index contributed by atoms with van der Waals surface area (Å²) in [5.41, 5.74) is 1.95. The van der Waals surface area contributed by atoms with E-state index in [1.807, 2.05) is 48.5 Å². The van der Waals surface area contributed by atoms with Crippen LogP contribution >= 0.6 is 23.2 Å². The van der Waals surface area contributed by atoms with E-state index >= 15 is 0 Å². The highest BCUT2D eigenvalue weighted by Crippen LogP contribution is 2.16. The minimum atomic E-state index is -0.157. The Hall–Kier alpha value is -1.18. The fraction of sp³-hybridized carbons (Fsp3) is 0.143. The van der Waals surface area contributed by atoms with E-state index in [2.05, 4.69) is 11.4 Å². The van der Waals surface area contributed by atoms with Gasteiger partial charge in [0.25, 0.3) is 0 Å². The minimum absolute atomic E-state index is 0.157. The van der Waals surface area contributed by atoms with Gasteiger partial charge >= 0.3 is 0 Å². The van der Waals surface area contributed by atoms with Crippen LogP contribution in [0.5, 0.6) is 0 Å². The van der Waals surface area contributed by atoms with Crippen molar-refractivity contribution >= 4 is 28.9 Å². The predicted molar refractivity (Wildman–Crippen MR) is 73.7 cm³/mol. The number of anilines is 1. The van der Waals surface area contributed by atoms with E-state index in [1.165, 1.54) is 0 Å². The minimum Gasteiger partial charge on any atom is -0.369 e. The molecule has 3 heteroatoms. The van der Waals surface area contributed by atoms with Gasteiger partial charge in [-0.25, -0.2) is 0 Å². The maximum Gasteiger partial charge on any atom is 0.105 e. The largest absolute Gasteiger partial charge is 0.369 e. The van der Waals surface area contributed by atoms with Crippen molar-refractivity contribution in [2.45, 2.75) is 11.9 Å². The van der Waals surface area contributed by atoms with Gasteiger partial charge in [-0.15, -0.1) is 0 Å². The molecule has 0 aliphatic rings. The average Bonchev–Trinajstić information content (AvgIpc) is 2.30. The molecule has 1 unspecified atom stereocenters. The zero-order valence-corrected chi connectivity index (χ0v) is 10.7. The number of halogens is 2. The molecule has 87 valence electrons. The Balaban J connectivity index is 1.96. The fourth-order valence-corrected chi connectivity index (χ4v) is 2.10. The molecular formula is C14H12Cl2N. The van der Waals surface area contributed by atoms with Crippen molar-refractivity contribution in [3.8, 4) is 0 Å². The lowest BCUT2D eigenvalue weighted by Crippen LogP contribution is -2.15. The van der Waals surface area contributed by atoms with Gasteiger partial charge in [-0.3, -0.25) is 0 Å². The summed E-state index contributed by atoms with van der Waals surface area (Å²) in [6.07, 6.45) is 0.723. The molecule has 1 atom stereocenters. The lowest BCUT2D eigenvalue weighted by atomic mass is 10.1. The van der Waals surface area contributed by atoms with Gasteiger partial charge in [0.2, 0.25) is 0 Å². The van der Waals surface area contributed by atoms with Crippen molar-refractivity contribution in [2.75, 3.05) is 5.32 Å². The molecule has 17 heavy (non-hydrogen) atoms. The molecule has 0 saturated heterocycles. The van der Waals surface area contributed by atoms with E-state index in [4.69, 9.17) is 23.2 Å². The quantitative estimate of drug-likeness (QED) is 0.639. The molecule has 0 amide bonds. The number of hydrogen-bond acceptors (Lipinski definition) is 1. The zero-order chi connectivity index (χ0) is 12.1. The van der Waals surface area contributed by atoms with Crippen molar-refractivity contribution < 1.29 is 0 Å². The molecule has 2 aromatic carbocycles. The Kier molecular flexibility index (Phi) is 4.29. The Labute approximate surface area is 111 Å². The van der Waals surface area contributed by atoms with Crippen LogP contribution in [-0.4, -0.2) is 5.50 Å². The summed E-state index contributed by atoms with van der Waals surface area (Å²) in [6, 6.07) is 18.3. The molecule has 1 N–H and O–H groups in total. The van der Waals surface area contributed by atoms with Crippen molar-refractivity contribution in [3.63, 3.8) is 0 Å². The first kappa shape index (κ1) is 12.3. The van der Waals surface area contributed by atoms with E-state index in [1.54, 1.807) is 0 Å². The molecule has 0 spiro atoms. The van der Waals surface area contributed by atoms with Gasteiger partial charge < -0.3 is 5.32 Å². The van der Waals surface area contributed by atoms with Crippen LogP contribution in [0, 0.1) is 6.07 Å². The zero-order valence-electron chi connectivity index (χ0n) is 9.16. The number of alkyl halides is 1. The molecule has 0 aliphatic carbocycles. The summed E-state index contributed by atoms with van der Waals surface area (Å²) in [5, 5.41) is 3.95. The normalized spacial score (nSPS) is 12.1. The maximum atomic E-state index is 6.24. The Morgan fingerprint density at radius 1 is 1.18 bits per heavy atom. The lowest BCUT2D eigenvalue weighted by molar-refractivity contribution is 0.945. The van der Waals surface area contributed by atoms with E-state index in [0.717, 1.165) is 22.7 Å². The van der Waals surface area contributed by atoms with Gasteiger partial charge in [-0.1, -0.05) is 47.5 Å². The summed E-state index contributed by atoms with van der Waals surface area (Å²) in [4.78, 5) is 0. The second kappa shape index (κ2) is 5.95. The van der Waals surface area contributed by atoms with Gasteiger partial charge in [-0.05, 0) is 35.9 Å². The SMILES string of the molecule is Clc1cccc(CC(Cl)Nc2cc[c]cc2)c1. The van der Waals surface area contributed by atoms with Crippen molar-refractivity contribution in [1.29, 1.82) is 0 Å². The second-order valence-corrected chi connectivity index (χ2v) is 4.70. The molecule has 0 saturated carbocycles. The molecule has 0 bridgehead atoms. The van der Waals surface area contributed by atoms with Crippen LogP contribution in [0.15, 0.2) is 48.5 Å². The van der Waals surface area contributed by atoms with E-state index in [0.29, 0.717) is 0 Å². The van der Waals surface area contributed by atoms with Gasteiger partial charge in [0.05, 0.1) is 0 Å². The molecule has 1 radical (unpaired) electrons. The van der Waals surface area contributed by atoms with E-state index < -0.39 is 0 Å². The third kappa shape index (κ3) is 3.95. The average molecular weight is 265 g/mol.